The average Bonchev–Trinajstić information content (AvgIpc) is 3.03. The van der Waals surface area contributed by atoms with E-state index in [-0.39, 0.29) is 24.3 Å². The number of nitrogens with zero attached hydrogens (tertiary/aromatic N) is 2. The molecule has 0 saturated carbocycles. The summed E-state index contributed by atoms with van der Waals surface area (Å²) < 4.78 is 33.0. The minimum atomic E-state index is -3.51. The number of hydrogen-bond donors (Lipinski definition) is 0. The number of cyclic esters (lactones) is 1. The first-order valence-electron chi connectivity index (χ1n) is 9.98. The zero-order chi connectivity index (χ0) is 20.6. The number of sulfonamides is 1. The summed E-state index contributed by atoms with van der Waals surface area (Å²) in [6.45, 7) is 4.72. The maximum atomic E-state index is 12.9. The Labute approximate surface area is 172 Å². The number of amides is 1. The summed E-state index contributed by atoms with van der Waals surface area (Å²) >= 11 is 0. The highest BCUT2D eigenvalue weighted by atomic mass is 32.2. The Bertz CT molecular complexity index is 968. The van der Waals surface area contributed by atoms with Crippen molar-refractivity contribution in [2.75, 3.05) is 13.1 Å². The van der Waals surface area contributed by atoms with E-state index in [1.807, 2.05) is 56.3 Å². The van der Waals surface area contributed by atoms with Gasteiger partial charge in [0.1, 0.15) is 6.10 Å². The Hall–Kier alpha value is -2.38. The molecule has 0 radical (unpaired) electrons. The zero-order valence-electron chi connectivity index (χ0n) is 16.7. The van der Waals surface area contributed by atoms with E-state index in [9.17, 15) is 13.2 Å². The Kier molecular flexibility index (Phi) is 5.36. The molecule has 0 spiro atoms. The monoisotopic (exact) mass is 414 g/mol. The summed E-state index contributed by atoms with van der Waals surface area (Å²) in [4.78, 5) is 14.7. The van der Waals surface area contributed by atoms with Gasteiger partial charge in [0.05, 0.1) is 10.9 Å². The van der Waals surface area contributed by atoms with Crippen molar-refractivity contribution in [3.63, 3.8) is 0 Å². The molecule has 6 nitrogen and oxygen atoms in total. The summed E-state index contributed by atoms with van der Waals surface area (Å²) in [6.07, 6.45) is 0.599. The molecule has 154 valence electrons. The van der Waals surface area contributed by atoms with E-state index in [0.29, 0.717) is 30.8 Å². The fourth-order valence-corrected chi connectivity index (χ4v) is 5.74. The smallest absolute Gasteiger partial charge is 0.411 e. The van der Waals surface area contributed by atoms with Crippen molar-refractivity contribution in [2.45, 2.75) is 49.8 Å². The molecule has 2 heterocycles. The summed E-state index contributed by atoms with van der Waals surface area (Å²) in [6, 6.07) is 16.6. The Morgan fingerprint density at radius 1 is 0.966 bits per heavy atom. The van der Waals surface area contributed by atoms with Gasteiger partial charge in [-0.1, -0.05) is 48.0 Å². The van der Waals surface area contributed by atoms with Crippen molar-refractivity contribution < 1.29 is 17.9 Å². The third kappa shape index (κ3) is 3.76. The molecular weight excluding hydrogens is 388 g/mol. The van der Waals surface area contributed by atoms with Gasteiger partial charge in [-0.05, 0) is 44.4 Å². The van der Waals surface area contributed by atoms with Gasteiger partial charge in [-0.2, -0.15) is 4.31 Å². The van der Waals surface area contributed by atoms with Crippen molar-refractivity contribution in [1.82, 2.24) is 9.21 Å². The molecule has 2 aliphatic heterocycles. The van der Waals surface area contributed by atoms with Gasteiger partial charge in [0.2, 0.25) is 10.0 Å². The lowest BCUT2D eigenvalue weighted by molar-refractivity contribution is 0.121. The highest BCUT2D eigenvalue weighted by Gasteiger charge is 2.44. The first kappa shape index (κ1) is 19.9. The van der Waals surface area contributed by atoms with Gasteiger partial charge in [0.15, 0.2) is 0 Å². The Morgan fingerprint density at radius 2 is 1.59 bits per heavy atom. The number of benzene rings is 2. The van der Waals surface area contributed by atoms with E-state index in [1.54, 1.807) is 17.0 Å². The fraction of sp³-hybridized carbons (Fsp3) is 0.409. The standard InChI is InChI=1S/C22H26N2O4S/c1-16-8-10-20(11-9-16)29(26,27)23-14-12-19(13-15-23)24-17(2)21(28-22(24)25)18-6-4-3-5-7-18/h3-11,17,19,21H,12-15H2,1-2H3/t17-,21-/m0/s1. The Morgan fingerprint density at radius 3 is 2.21 bits per heavy atom. The van der Waals surface area contributed by atoms with Crippen LogP contribution in [0.2, 0.25) is 0 Å². The van der Waals surface area contributed by atoms with Gasteiger partial charge in [0.25, 0.3) is 0 Å². The molecule has 0 bridgehead atoms. The molecule has 0 aliphatic carbocycles. The zero-order valence-corrected chi connectivity index (χ0v) is 17.5. The molecule has 2 atom stereocenters. The van der Waals surface area contributed by atoms with Crippen LogP contribution in [0.1, 0.15) is 37.0 Å². The van der Waals surface area contributed by atoms with Crippen molar-refractivity contribution in [3.8, 4) is 0 Å². The number of piperidine rings is 1. The summed E-state index contributed by atoms with van der Waals surface area (Å²) in [5.41, 5.74) is 2.01. The number of ether oxygens (including phenoxy) is 1. The van der Waals surface area contributed by atoms with Crippen LogP contribution in [0.25, 0.3) is 0 Å². The van der Waals surface area contributed by atoms with Crippen molar-refractivity contribution in [1.29, 1.82) is 0 Å². The highest BCUT2D eigenvalue weighted by Crippen LogP contribution is 2.36. The fourth-order valence-electron chi connectivity index (χ4n) is 4.27. The highest BCUT2D eigenvalue weighted by molar-refractivity contribution is 7.89. The first-order valence-corrected chi connectivity index (χ1v) is 11.4. The molecule has 0 N–H and O–H groups in total. The minimum absolute atomic E-state index is 0.0179. The molecular formula is C22H26N2O4S. The quantitative estimate of drug-likeness (QED) is 0.765. The molecule has 4 rings (SSSR count). The number of rotatable bonds is 4. The van der Waals surface area contributed by atoms with Crippen molar-refractivity contribution >= 4 is 16.1 Å². The first-order chi connectivity index (χ1) is 13.9. The minimum Gasteiger partial charge on any atom is -0.439 e. The van der Waals surface area contributed by atoms with Crippen LogP contribution in [0.3, 0.4) is 0 Å². The van der Waals surface area contributed by atoms with Gasteiger partial charge >= 0.3 is 6.09 Å². The molecule has 2 aliphatic rings. The third-order valence-corrected chi connectivity index (χ3v) is 7.83. The van der Waals surface area contributed by atoms with Crippen LogP contribution < -0.4 is 0 Å². The number of carbonyl (C=O) groups excluding carboxylic acids is 1. The lowest BCUT2D eigenvalue weighted by Gasteiger charge is -2.37. The van der Waals surface area contributed by atoms with Crippen LogP contribution in [0, 0.1) is 6.92 Å². The van der Waals surface area contributed by atoms with E-state index >= 15 is 0 Å². The van der Waals surface area contributed by atoms with Crippen LogP contribution in [-0.4, -0.2) is 48.9 Å². The molecule has 2 fully saturated rings. The summed E-state index contributed by atoms with van der Waals surface area (Å²) in [5, 5.41) is 0. The van der Waals surface area contributed by atoms with E-state index < -0.39 is 10.0 Å². The third-order valence-electron chi connectivity index (χ3n) is 5.92. The van der Waals surface area contributed by atoms with Gasteiger partial charge in [-0.15, -0.1) is 0 Å². The predicted octanol–water partition coefficient (Wildman–Crippen LogP) is 3.73. The van der Waals surface area contributed by atoms with Crippen LogP contribution in [-0.2, 0) is 14.8 Å². The second-order valence-electron chi connectivity index (χ2n) is 7.81. The molecule has 1 amide bonds. The van der Waals surface area contributed by atoms with Crippen LogP contribution >= 0.6 is 0 Å². The maximum absolute atomic E-state index is 12.9. The van der Waals surface area contributed by atoms with Gasteiger partial charge in [-0.3, -0.25) is 4.90 Å². The van der Waals surface area contributed by atoms with E-state index in [4.69, 9.17) is 4.74 Å². The molecule has 2 aromatic carbocycles. The molecule has 29 heavy (non-hydrogen) atoms. The molecule has 7 heteroatoms. The summed E-state index contributed by atoms with van der Waals surface area (Å²) in [7, 11) is -3.51. The number of aryl methyl sites for hydroxylation is 1. The normalized spacial score (nSPS) is 23.9. The van der Waals surface area contributed by atoms with E-state index in [2.05, 4.69) is 0 Å². The largest absolute Gasteiger partial charge is 0.439 e. The second kappa shape index (κ2) is 7.80. The number of hydrogen-bond acceptors (Lipinski definition) is 4. The maximum Gasteiger partial charge on any atom is 0.411 e. The molecule has 0 aromatic heterocycles. The van der Waals surface area contributed by atoms with E-state index in [0.717, 1.165) is 11.1 Å². The van der Waals surface area contributed by atoms with Gasteiger partial charge < -0.3 is 4.74 Å². The van der Waals surface area contributed by atoms with Crippen molar-refractivity contribution in [2.24, 2.45) is 0 Å². The van der Waals surface area contributed by atoms with Crippen LogP contribution in [0.4, 0.5) is 4.79 Å². The predicted molar refractivity (Wildman–Crippen MR) is 110 cm³/mol. The molecule has 2 saturated heterocycles. The summed E-state index contributed by atoms with van der Waals surface area (Å²) in [5.74, 6) is 0. The lowest BCUT2D eigenvalue weighted by atomic mass is 9.99. The van der Waals surface area contributed by atoms with Gasteiger partial charge in [-0.25, -0.2) is 13.2 Å². The topological polar surface area (TPSA) is 66.9 Å². The van der Waals surface area contributed by atoms with Crippen LogP contribution in [0.5, 0.6) is 0 Å². The second-order valence-corrected chi connectivity index (χ2v) is 9.75. The SMILES string of the molecule is Cc1ccc(S(=O)(=O)N2CCC(N3C(=O)O[C@H](c4ccccc4)[C@@H]3C)CC2)cc1. The Balaban J connectivity index is 1.44. The van der Waals surface area contributed by atoms with E-state index in [1.165, 1.54) is 4.31 Å². The molecule has 0 unspecified atom stereocenters. The molecule has 2 aromatic rings. The number of carbonyl (C=O) groups is 1. The lowest BCUT2D eigenvalue weighted by Crippen LogP contribution is -2.49. The van der Waals surface area contributed by atoms with Crippen LogP contribution in [0.15, 0.2) is 59.5 Å². The van der Waals surface area contributed by atoms with Gasteiger partial charge in [0, 0.05) is 19.1 Å². The van der Waals surface area contributed by atoms with Crippen molar-refractivity contribution in [3.05, 3.63) is 65.7 Å². The average molecular weight is 415 g/mol.